The van der Waals surface area contributed by atoms with Gasteiger partial charge in [0.25, 0.3) is 0 Å². The Morgan fingerprint density at radius 3 is 2.69 bits per heavy atom. The average molecular weight is 334 g/mol. The van der Waals surface area contributed by atoms with Crippen LogP contribution >= 0.6 is 22.9 Å². The van der Waals surface area contributed by atoms with Crippen LogP contribution in [0.2, 0.25) is 0 Å². The number of hydrogen-bond acceptors (Lipinski definition) is 2. The van der Waals surface area contributed by atoms with Gasteiger partial charge in [-0.1, -0.05) is 0 Å². The molecule has 1 heterocycles. The molecule has 2 aromatic rings. The summed E-state index contributed by atoms with van der Waals surface area (Å²) in [6.07, 6.45) is 0. The minimum atomic E-state index is -0.996. The summed E-state index contributed by atoms with van der Waals surface area (Å²) in [5, 5.41) is 9.19. The van der Waals surface area contributed by atoms with Crippen LogP contribution in [0.25, 0.3) is 10.9 Å². The quantitative estimate of drug-likeness (QED) is 0.752. The van der Waals surface area contributed by atoms with E-state index < -0.39 is 11.6 Å². The monoisotopic (exact) mass is 334 g/mol. The van der Waals surface area contributed by atoms with Gasteiger partial charge in [0.15, 0.2) is 11.6 Å². The fourth-order valence-corrected chi connectivity index (χ4v) is 2.21. The van der Waals surface area contributed by atoms with Gasteiger partial charge in [-0.25, -0.2) is 8.78 Å². The van der Waals surface area contributed by atoms with Crippen LogP contribution in [0.5, 0.6) is 5.75 Å². The maximum absolute atomic E-state index is 13.6. The molecule has 1 aromatic carbocycles. The number of methoxy groups -OCH3 is 1. The highest BCUT2D eigenvalue weighted by Crippen LogP contribution is 2.33. The number of benzene rings is 1. The van der Waals surface area contributed by atoms with E-state index >= 15 is 0 Å². The van der Waals surface area contributed by atoms with Crippen LogP contribution in [0.3, 0.4) is 0 Å². The van der Waals surface area contributed by atoms with Gasteiger partial charge >= 0.3 is 0 Å². The molecule has 0 atom stereocenters. The molecular formula is C10H5F2IN2O. The van der Waals surface area contributed by atoms with E-state index in [-0.39, 0.29) is 17.0 Å². The maximum atomic E-state index is 13.6. The molecule has 2 rings (SSSR count). The standard InChI is InChI=1S/C10H5F2IN2O/c1-16-8-3-7(11)9(12)10-6(8)2-5(4-14)15(10)13/h2-3H,1H3. The predicted molar refractivity (Wildman–Crippen MR) is 62.5 cm³/mol. The topological polar surface area (TPSA) is 37.9 Å². The van der Waals surface area contributed by atoms with Crippen LogP contribution in [-0.4, -0.2) is 9.89 Å². The van der Waals surface area contributed by atoms with Gasteiger partial charge in [0.1, 0.15) is 23.0 Å². The van der Waals surface area contributed by atoms with Crippen molar-refractivity contribution in [1.29, 1.82) is 5.26 Å². The van der Waals surface area contributed by atoms with E-state index in [0.717, 1.165) is 6.07 Å². The Kier molecular flexibility index (Phi) is 2.71. The molecule has 0 fully saturated rings. The molecular weight excluding hydrogens is 329 g/mol. The number of fused-ring (bicyclic) bond motifs is 1. The summed E-state index contributed by atoms with van der Waals surface area (Å²) in [6.45, 7) is 0. The lowest BCUT2D eigenvalue weighted by molar-refractivity contribution is 0.413. The predicted octanol–water partition coefficient (Wildman–Crippen LogP) is 3.00. The molecule has 0 saturated carbocycles. The average Bonchev–Trinajstić information content (AvgIpc) is 2.61. The van der Waals surface area contributed by atoms with Crippen molar-refractivity contribution in [3.05, 3.63) is 29.5 Å². The summed E-state index contributed by atoms with van der Waals surface area (Å²) < 4.78 is 33.0. The van der Waals surface area contributed by atoms with E-state index in [0.29, 0.717) is 5.39 Å². The summed E-state index contributed by atoms with van der Waals surface area (Å²) in [5.74, 6) is -1.77. The number of nitriles is 1. The second kappa shape index (κ2) is 3.90. The molecule has 0 aliphatic rings. The highest BCUT2D eigenvalue weighted by Gasteiger charge is 2.18. The van der Waals surface area contributed by atoms with Crippen molar-refractivity contribution in [3.63, 3.8) is 0 Å². The molecule has 0 N–H and O–H groups in total. The molecule has 1 aromatic heterocycles. The largest absolute Gasteiger partial charge is 0.496 e. The van der Waals surface area contributed by atoms with Crippen molar-refractivity contribution in [2.75, 3.05) is 7.11 Å². The van der Waals surface area contributed by atoms with Crippen molar-refractivity contribution in [1.82, 2.24) is 2.78 Å². The van der Waals surface area contributed by atoms with Gasteiger partial charge in [0.2, 0.25) is 0 Å². The summed E-state index contributed by atoms with van der Waals surface area (Å²) in [5.41, 5.74) is 0.257. The first kappa shape index (κ1) is 11.1. The summed E-state index contributed by atoms with van der Waals surface area (Å²) in [4.78, 5) is 0. The molecule has 0 aliphatic heterocycles. The van der Waals surface area contributed by atoms with Gasteiger partial charge in [0, 0.05) is 11.5 Å². The molecule has 3 nitrogen and oxygen atoms in total. The first-order chi connectivity index (χ1) is 7.60. The van der Waals surface area contributed by atoms with Crippen molar-refractivity contribution in [3.8, 4) is 11.8 Å². The van der Waals surface area contributed by atoms with Gasteiger partial charge in [-0.2, -0.15) is 5.26 Å². The zero-order chi connectivity index (χ0) is 11.9. The second-order valence-corrected chi connectivity index (χ2v) is 4.02. The molecule has 82 valence electrons. The van der Waals surface area contributed by atoms with E-state index in [1.54, 1.807) is 22.9 Å². The molecule has 0 bridgehead atoms. The van der Waals surface area contributed by atoms with E-state index in [1.165, 1.54) is 16.0 Å². The Morgan fingerprint density at radius 2 is 2.12 bits per heavy atom. The highest BCUT2D eigenvalue weighted by molar-refractivity contribution is 14.1. The third-order valence-electron chi connectivity index (χ3n) is 2.22. The Labute approximate surface area is 104 Å². The normalized spacial score (nSPS) is 10.4. The number of nitrogens with zero attached hydrogens (tertiary/aromatic N) is 2. The highest BCUT2D eigenvalue weighted by atomic mass is 127. The van der Waals surface area contributed by atoms with Crippen LogP contribution in [0.15, 0.2) is 12.1 Å². The van der Waals surface area contributed by atoms with E-state index in [2.05, 4.69) is 0 Å². The molecule has 0 aliphatic carbocycles. The number of aromatic nitrogens is 1. The van der Waals surface area contributed by atoms with Crippen molar-refractivity contribution in [2.45, 2.75) is 0 Å². The molecule has 6 heteroatoms. The number of rotatable bonds is 1. The van der Waals surface area contributed by atoms with E-state index in [4.69, 9.17) is 10.00 Å². The zero-order valence-electron chi connectivity index (χ0n) is 8.09. The SMILES string of the molecule is COc1cc(F)c(F)c2c1cc(C#N)n2I. The third kappa shape index (κ3) is 1.43. The smallest absolute Gasteiger partial charge is 0.184 e. The minimum absolute atomic E-state index is 0.0222. The summed E-state index contributed by atoms with van der Waals surface area (Å²) in [7, 11) is 1.36. The molecule has 0 amide bonds. The van der Waals surface area contributed by atoms with Crippen molar-refractivity contribution < 1.29 is 13.5 Å². The van der Waals surface area contributed by atoms with Crippen molar-refractivity contribution >= 4 is 33.8 Å². The summed E-state index contributed by atoms with van der Waals surface area (Å²) in [6, 6.07) is 4.32. The van der Waals surface area contributed by atoms with Crippen LogP contribution in [-0.2, 0) is 0 Å². The fraction of sp³-hybridized carbons (Fsp3) is 0.100. The molecule has 0 radical (unpaired) electrons. The lowest BCUT2D eigenvalue weighted by Gasteiger charge is -2.04. The minimum Gasteiger partial charge on any atom is -0.496 e. The van der Waals surface area contributed by atoms with Crippen LogP contribution in [0.1, 0.15) is 5.69 Å². The van der Waals surface area contributed by atoms with Crippen molar-refractivity contribution in [2.24, 2.45) is 0 Å². The van der Waals surface area contributed by atoms with Gasteiger partial charge in [0.05, 0.1) is 30.0 Å². The van der Waals surface area contributed by atoms with Gasteiger partial charge < -0.3 is 4.74 Å². The fourth-order valence-electron chi connectivity index (χ4n) is 1.49. The maximum Gasteiger partial charge on any atom is 0.184 e. The van der Waals surface area contributed by atoms with Gasteiger partial charge in [-0.3, -0.25) is 2.78 Å². The van der Waals surface area contributed by atoms with Crippen LogP contribution in [0, 0.1) is 23.0 Å². The van der Waals surface area contributed by atoms with Gasteiger partial charge in [-0.15, -0.1) is 0 Å². The zero-order valence-corrected chi connectivity index (χ0v) is 10.2. The lowest BCUT2D eigenvalue weighted by Crippen LogP contribution is -1.93. The third-order valence-corrected chi connectivity index (χ3v) is 3.22. The molecule has 16 heavy (non-hydrogen) atoms. The number of ether oxygens (including phenoxy) is 1. The van der Waals surface area contributed by atoms with Crippen LogP contribution < -0.4 is 4.74 Å². The number of hydrogen-bond donors (Lipinski definition) is 0. The first-order valence-corrected chi connectivity index (χ1v) is 5.20. The molecule has 0 saturated heterocycles. The Balaban J connectivity index is 2.98. The van der Waals surface area contributed by atoms with E-state index in [1.807, 2.05) is 6.07 Å². The Hall–Kier alpha value is -1.36. The second-order valence-electron chi connectivity index (χ2n) is 3.06. The molecule has 0 unspecified atom stereocenters. The van der Waals surface area contributed by atoms with Crippen LogP contribution in [0.4, 0.5) is 8.78 Å². The van der Waals surface area contributed by atoms with E-state index in [9.17, 15) is 8.78 Å². The van der Waals surface area contributed by atoms with Gasteiger partial charge in [-0.05, 0) is 6.07 Å². The Morgan fingerprint density at radius 1 is 1.44 bits per heavy atom. The lowest BCUT2D eigenvalue weighted by atomic mass is 10.2. The first-order valence-electron chi connectivity index (χ1n) is 4.23. The number of halogens is 3. The molecule has 0 spiro atoms. The Bertz CT molecular complexity index is 616. The summed E-state index contributed by atoms with van der Waals surface area (Å²) >= 11 is 1.74.